The van der Waals surface area contributed by atoms with E-state index in [4.69, 9.17) is 22.5 Å². The number of rotatable bonds is 1. The van der Waals surface area contributed by atoms with Crippen molar-refractivity contribution in [1.29, 1.82) is 10.8 Å². The molecule has 2 aliphatic rings. The lowest BCUT2D eigenvalue weighted by Gasteiger charge is -2.33. The number of nitrogens with two attached hydrogens (primary N) is 2. The topological polar surface area (TPSA) is 137 Å². The molecule has 0 radical (unpaired) electrons. The standard InChI is InChI=1S/C7H17N5.C6H15N5/c1-2-12(9)7(8)11-5-3-10-4-6-11;1-10(8)6(7)11-4-2-9-3-5-11/h8,10H,2-6,9H2,1H3;7,9H,2-5,8H2,1H3. The first-order valence-corrected chi connectivity index (χ1v) is 8.06. The molecule has 0 spiro atoms. The first-order chi connectivity index (χ1) is 11.0. The average Bonchev–Trinajstić information content (AvgIpc) is 2.61. The largest absolute Gasteiger partial charge is 0.339 e. The minimum absolute atomic E-state index is 0.395. The van der Waals surface area contributed by atoms with Crippen molar-refractivity contribution >= 4 is 11.9 Å². The quantitative estimate of drug-likeness (QED) is 0.136. The number of guanidine groups is 2. The van der Waals surface area contributed by atoms with E-state index in [0.29, 0.717) is 18.5 Å². The fourth-order valence-corrected chi connectivity index (χ4v) is 2.31. The second-order valence-electron chi connectivity index (χ2n) is 5.52. The van der Waals surface area contributed by atoms with Crippen LogP contribution in [0.2, 0.25) is 0 Å². The van der Waals surface area contributed by atoms with Gasteiger partial charge in [-0.05, 0) is 6.92 Å². The second kappa shape index (κ2) is 10.2. The fraction of sp³-hybridized carbons (Fsp3) is 0.846. The predicted molar refractivity (Wildman–Crippen MR) is 92.9 cm³/mol. The molecule has 2 saturated heterocycles. The third-order valence-corrected chi connectivity index (χ3v) is 3.78. The van der Waals surface area contributed by atoms with Crippen LogP contribution in [0.15, 0.2) is 0 Å². The maximum Gasteiger partial charge on any atom is 0.208 e. The highest BCUT2D eigenvalue weighted by Gasteiger charge is 2.15. The number of nitrogens with zero attached hydrogens (tertiary/aromatic N) is 4. The monoisotopic (exact) mass is 328 g/mol. The number of hydrazine groups is 2. The van der Waals surface area contributed by atoms with Crippen molar-refractivity contribution in [2.45, 2.75) is 6.92 Å². The van der Waals surface area contributed by atoms with Crippen molar-refractivity contribution in [3.63, 3.8) is 0 Å². The maximum atomic E-state index is 7.69. The van der Waals surface area contributed by atoms with Crippen LogP contribution in [0.5, 0.6) is 0 Å². The minimum Gasteiger partial charge on any atom is -0.339 e. The Bertz CT molecular complexity index is 360. The molecule has 0 atom stereocenters. The molecule has 8 N–H and O–H groups in total. The Morgan fingerprint density at radius 3 is 1.65 bits per heavy atom. The zero-order valence-corrected chi connectivity index (χ0v) is 14.3. The third kappa shape index (κ3) is 6.57. The van der Waals surface area contributed by atoms with E-state index in [9.17, 15) is 0 Å². The Kier molecular flexibility index (Phi) is 8.62. The van der Waals surface area contributed by atoms with Gasteiger partial charge in [-0.15, -0.1) is 0 Å². The van der Waals surface area contributed by atoms with Gasteiger partial charge < -0.3 is 20.4 Å². The zero-order valence-electron chi connectivity index (χ0n) is 14.3. The highest BCUT2D eigenvalue weighted by Crippen LogP contribution is 1.95. The maximum absolute atomic E-state index is 7.69. The van der Waals surface area contributed by atoms with E-state index < -0.39 is 0 Å². The SMILES string of the molecule is CCN(N)C(=N)N1CCNCC1.CN(N)C(=N)N1CCNCC1. The van der Waals surface area contributed by atoms with Gasteiger partial charge in [0.1, 0.15) is 0 Å². The van der Waals surface area contributed by atoms with Crippen LogP contribution in [-0.4, -0.2) is 97.7 Å². The third-order valence-electron chi connectivity index (χ3n) is 3.78. The van der Waals surface area contributed by atoms with Crippen molar-refractivity contribution < 1.29 is 0 Å². The highest BCUT2D eigenvalue weighted by atomic mass is 15.5. The van der Waals surface area contributed by atoms with Gasteiger partial charge in [0.15, 0.2) is 0 Å². The number of hydrogen-bond acceptors (Lipinski definition) is 6. The first kappa shape index (κ1) is 19.4. The van der Waals surface area contributed by atoms with Crippen LogP contribution in [0.4, 0.5) is 0 Å². The van der Waals surface area contributed by atoms with Gasteiger partial charge in [0.2, 0.25) is 11.9 Å². The summed E-state index contributed by atoms with van der Waals surface area (Å²) in [6.07, 6.45) is 0. The molecule has 2 heterocycles. The highest BCUT2D eigenvalue weighted by molar-refractivity contribution is 5.76. The number of hydrogen-bond donors (Lipinski definition) is 6. The summed E-state index contributed by atoms with van der Waals surface area (Å²) in [5, 5.41) is 24.5. The summed E-state index contributed by atoms with van der Waals surface area (Å²) in [4.78, 5) is 3.94. The Balaban J connectivity index is 0.000000231. The molecule has 0 unspecified atom stereocenters. The Hall–Kier alpha value is -1.62. The van der Waals surface area contributed by atoms with E-state index in [0.717, 1.165) is 52.4 Å². The molecule has 134 valence electrons. The Labute approximate surface area is 138 Å². The molecule has 2 rings (SSSR count). The molecular weight excluding hydrogens is 296 g/mol. The van der Waals surface area contributed by atoms with Crippen LogP contribution in [0.1, 0.15) is 6.92 Å². The lowest BCUT2D eigenvalue weighted by Crippen LogP contribution is -2.53. The molecule has 0 amide bonds. The van der Waals surface area contributed by atoms with Crippen LogP contribution in [0.3, 0.4) is 0 Å². The molecule has 23 heavy (non-hydrogen) atoms. The van der Waals surface area contributed by atoms with Gasteiger partial charge in [0.25, 0.3) is 0 Å². The van der Waals surface area contributed by atoms with Crippen LogP contribution in [0, 0.1) is 10.8 Å². The number of nitrogens with one attached hydrogen (secondary N) is 4. The van der Waals surface area contributed by atoms with Gasteiger partial charge in [-0.3, -0.25) is 20.8 Å². The van der Waals surface area contributed by atoms with Crippen molar-refractivity contribution in [2.24, 2.45) is 11.7 Å². The second-order valence-corrected chi connectivity index (χ2v) is 5.52. The summed E-state index contributed by atoms with van der Waals surface area (Å²) in [5.41, 5.74) is 0. The van der Waals surface area contributed by atoms with Crippen molar-refractivity contribution in [1.82, 2.24) is 30.5 Å². The van der Waals surface area contributed by atoms with Gasteiger partial charge in [-0.1, -0.05) is 0 Å². The van der Waals surface area contributed by atoms with Crippen molar-refractivity contribution in [2.75, 3.05) is 66.0 Å². The Morgan fingerprint density at radius 2 is 1.30 bits per heavy atom. The molecule has 0 aromatic heterocycles. The molecule has 0 aliphatic carbocycles. The molecule has 0 aromatic rings. The minimum atomic E-state index is 0.395. The van der Waals surface area contributed by atoms with E-state index in [1.54, 1.807) is 7.05 Å². The normalized spacial score (nSPS) is 17.9. The van der Waals surface area contributed by atoms with E-state index in [2.05, 4.69) is 10.6 Å². The fourth-order valence-electron chi connectivity index (χ4n) is 2.31. The smallest absolute Gasteiger partial charge is 0.208 e. The van der Waals surface area contributed by atoms with Gasteiger partial charge >= 0.3 is 0 Å². The average molecular weight is 328 g/mol. The number of piperazine rings is 2. The summed E-state index contributed by atoms with van der Waals surface area (Å²) in [5.74, 6) is 11.8. The summed E-state index contributed by atoms with van der Waals surface area (Å²) in [6.45, 7) is 9.91. The summed E-state index contributed by atoms with van der Waals surface area (Å²) in [6, 6.07) is 0. The van der Waals surface area contributed by atoms with Gasteiger partial charge in [-0.2, -0.15) is 0 Å². The van der Waals surface area contributed by atoms with Crippen LogP contribution >= 0.6 is 0 Å². The van der Waals surface area contributed by atoms with Gasteiger partial charge in [-0.25, -0.2) is 11.7 Å². The molecule has 2 fully saturated rings. The summed E-state index contributed by atoms with van der Waals surface area (Å²) < 4.78 is 0. The van der Waals surface area contributed by atoms with Crippen molar-refractivity contribution in [3.8, 4) is 0 Å². The van der Waals surface area contributed by atoms with E-state index in [1.165, 1.54) is 10.0 Å². The van der Waals surface area contributed by atoms with E-state index >= 15 is 0 Å². The molecule has 10 heteroatoms. The van der Waals surface area contributed by atoms with E-state index in [1.807, 2.05) is 16.7 Å². The lowest BCUT2D eigenvalue weighted by molar-refractivity contribution is 0.295. The van der Waals surface area contributed by atoms with Crippen molar-refractivity contribution in [3.05, 3.63) is 0 Å². The van der Waals surface area contributed by atoms with Crippen LogP contribution in [-0.2, 0) is 0 Å². The van der Waals surface area contributed by atoms with E-state index in [-0.39, 0.29) is 0 Å². The van der Waals surface area contributed by atoms with Gasteiger partial charge in [0.05, 0.1) is 0 Å². The summed E-state index contributed by atoms with van der Waals surface area (Å²) >= 11 is 0. The summed E-state index contributed by atoms with van der Waals surface area (Å²) in [7, 11) is 1.68. The van der Waals surface area contributed by atoms with Crippen LogP contribution in [0.25, 0.3) is 0 Å². The molecule has 0 saturated carbocycles. The zero-order chi connectivity index (χ0) is 17.2. The molecule has 0 aromatic carbocycles. The molecule has 0 bridgehead atoms. The van der Waals surface area contributed by atoms with Gasteiger partial charge in [0, 0.05) is 66.0 Å². The lowest BCUT2D eigenvalue weighted by atomic mass is 10.4. The molecule has 10 nitrogen and oxygen atoms in total. The van der Waals surface area contributed by atoms with Crippen LogP contribution < -0.4 is 22.3 Å². The molecule has 2 aliphatic heterocycles. The Morgan fingerprint density at radius 1 is 0.913 bits per heavy atom. The first-order valence-electron chi connectivity index (χ1n) is 8.06. The predicted octanol–water partition coefficient (Wildman–Crippen LogP) is -2.35. The molecular formula is C13H32N10.